The summed E-state index contributed by atoms with van der Waals surface area (Å²) in [5, 5.41) is 0. The summed E-state index contributed by atoms with van der Waals surface area (Å²) in [5.74, 6) is 1.14. The number of carbonyl (C=O) groups is 1. The molecule has 24 heavy (non-hydrogen) atoms. The van der Waals surface area contributed by atoms with E-state index in [0.717, 1.165) is 57.7 Å². The second kappa shape index (κ2) is 12.3. The number of nitrogens with two attached hydrogens (primary N) is 1. The lowest BCUT2D eigenvalue weighted by Gasteiger charge is -2.32. The van der Waals surface area contributed by atoms with Gasteiger partial charge in [0, 0.05) is 19.5 Å². The number of amides is 1. The van der Waals surface area contributed by atoms with Gasteiger partial charge in [0.05, 0.1) is 0 Å². The highest BCUT2D eigenvalue weighted by Crippen LogP contribution is 2.23. The quantitative estimate of drug-likeness (QED) is 0.677. The topological polar surface area (TPSA) is 46.3 Å². The summed E-state index contributed by atoms with van der Waals surface area (Å²) >= 11 is 0. The number of piperidine rings is 1. The molecule has 1 fully saturated rings. The van der Waals surface area contributed by atoms with Crippen molar-refractivity contribution in [2.75, 3.05) is 19.6 Å². The van der Waals surface area contributed by atoms with Gasteiger partial charge in [-0.3, -0.25) is 4.79 Å². The van der Waals surface area contributed by atoms with E-state index in [1.54, 1.807) is 0 Å². The number of unbranched alkanes of at least 4 members (excludes halogenated alkanes) is 3. The van der Waals surface area contributed by atoms with Crippen molar-refractivity contribution >= 4 is 18.3 Å². The molecule has 0 aromatic heterocycles. The molecule has 4 heteroatoms. The van der Waals surface area contributed by atoms with Gasteiger partial charge in [-0.1, -0.05) is 43.2 Å². The lowest BCUT2D eigenvalue weighted by molar-refractivity contribution is -0.132. The summed E-state index contributed by atoms with van der Waals surface area (Å²) in [5.41, 5.74) is 6.92. The molecule has 1 heterocycles. The van der Waals surface area contributed by atoms with Crippen molar-refractivity contribution < 1.29 is 4.79 Å². The van der Waals surface area contributed by atoms with E-state index in [4.69, 9.17) is 5.73 Å². The molecule has 0 atom stereocenters. The maximum Gasteiger partial charge on any atom is 0.222 e. The van der Waals surface area contributed by atoms with Gasteiger partial charge in [0.15, 0.2) is 0 Å². The molecule has 1 aliphatic heterocycles. The SMILES string of the molecule is Cl.NCCCCCCC(=O)N1CCC(CCc2ccccc2)CC1. The lowest BCUT2D eigenvalue weighted by atomic mass is 9.90. The predicted molar refractivity (Wildman–Crippen MR) is 103 cm³/mol. The van der Waals surface area contributed by atoms with E-state index < -0.39 is 0 Å². The molecule has 0 unspecified atom stereocenters. The molecule has 1 aromatic rings. The average molecular weight is 353 g/mol. The van der Waals surface area contributed by atoms with Gasteiger partial charge in [-0.2, -0.15) is 0 Å². The number of halogens is 1. The maximum absolute atomic E-state index is 12.2. The second-order valence-corrected chi connectivity index (χ2v) is 6.80. The number of likely N-dealkylation sites (tertiary alicyclic amines) is 1. The molecule has 136 valence electrons. The second-order valence-electron chi connectivity index (χ2n) is 6.80. The predicted octanol–water partition coefficient (Wildman–Crippen LogP) is 4.19. The van der Waals surface area contributed by atoms with Crippen LogP contribution in [0.1, 0.15) is 56.9 Å². The fourth-order valence-corrected chi connectivity index (χ4v) is 3.42. The molecule has 1 aliphatic rings. The van der Waals surface area contributed by atoms with Crippen LogP contribution in [0.3, 0.4) is 0 Å². The Kier molecular flexibility index (Phi) is 10.8. The molecule has 2 N–H and O–H groups in total. The Labute approximate surface area is 153 Å². The molecule has 1 aromatic carbocycles. The fourth-order valence-electron chi connectivity index (χ4n) is 3.42. The van der Waals surface area contributed by atoms with E-state index in [1.165, 1.54) is 31.2 Å². The van der Waals surface area contributed by atoms with Crippen LogP contribution in [-0.4, -0.2) is 30.4 Å². The maximum atomic E-state index is 12.2. The standard InChI is InChI=1S/C20H32N2O.ClH/c21-15-7-2-1-6-10-20(23)22-16-13-19(14-17-22)12-11-18-8-4-3-5-9-18;/h3-5,8-9,19H,1-2,6-7,10-17,21H2;1H. The van der Waals surface area contributed by atoms with Gasteiger partial charge in [0.1, 0.15) is 0 Å². The summed E-state index contributed by atoms with van der Waals surface area (Å²) in [7, 11) is 0. The smallest absolute Gasteiger partial charge is 0.222 e. The molecular weight excluding hydrogens is 320 g/mol. The Morgan fingerprint density at radius 1 is 1.04 bits per heavy atom. The Hall–Kier alpha value is -1.06. The van der Waals surface area contributed by atoms with Crippen LogP contribution in [0.15, 0.2) is 30.3 Å². The van der Waals surface area contributed by atoms with Crippen molar-refractivity contribution in [3.8, 4) is 0 Å². The van der Waals surface area contributed by atoms with Crippen LogP contribution in [0.5, 0.6) is 0 Å². The monoisotopic (exact) mass is 352 g/mol. The molecule has 0 aliphatic carbocycles. The van der Waals surface area contributed by atoms with Gasteiger partial charge >= 0.3 is 0 Å². The summed E-state index contributed by atoms with van der Waals surface area (Å²) in [6.45, 7) is 2.69. The third-order valence-corrected chi connectivity index (χ3v) is 5.00. The van der Waals surface area contributed by atoms with Crippen LogP contribution >= 0.6 is 12.4 Å². The van der Waals surface area contributed by atoms with Gasteiger partial charge < -0.3 is 10.6 Å². The number of rotatable bonds is 9. The molecule has 0 saturated carbocycles. The molecule has 2 rings (SSSR count). The Balaban J connectivity index is 0.00000288. The van der Waals surface area contributed by atoms with Crippen LogP contribution in [-0.2, 0) is 11.2 Å². The van der Waals surface area contributed by atoms with Crippen molar-refractivity contribution in [1.29, 1.82) is 0 Å². The minimum atomic E-state index is 0. The normalized spacial score (nSPS) is 15.1. The van der Waals surface area contributed by atoms with Gasteiger partial charge in [-0.05, 0) is 56.6 Å². The van der Waals surface area contributed by atoms with E-state index in [2.05, 4.69) is 35.2 Å². The number of carbonyl (C=O) groups excluding carboxylic acids is 1. The van der Waals surface area contributed by atoms with Crippen molar-refractivity contribution in [3.05, 3.63) is 35.9 Å². The average Bonchev–Trinajstić information content (AvgIpc) is 2.61. The number of hydrogen-bond acceptors (Lipinski definition) is 2. The number of aryl methyl sites for hydroxylation is 1. The van der Waals surface area contributed by atoms with Crippen LogP contribution in [0.25, 0.3) is 0 Å². The Morgan fingerprint density at radius 3 is 2.38 bits per heavy atom. The number of hydrogen-bond donors (Lipinski definition) is 1. The molecule has 1 amide bonds. The Bertz CT molecular complexity index is 444. The number of nitrogens with zero attached hydrogens (tertiary/aromatic N) is 1. The highest BCUT2D eigenvalue weighted by Gasteiger charge is 2.22. The van der Waals surface area contributed by atoms with Crippen LogP contribution < -0.4 is 5.73 Å². The molecule has 3 nitrogen and oxygen atoms in total. The van der Waals surface area contributed by atoms with E-state index in [0.29, 0.717) is 5.91 Å². The van der Waals surface area contributed by atoms with Gasteiger partial charge in [0.25, 0.3) is 0 Å². The summed E-state index contributed by atoms with van der Waals surface area (Å²) < 4.78 is 0. The minimum absolute atomic E-state index is 0. The first-order valence-electron chi connectivity index (χ1n) is 9.31. The highest BCUT2D eigenvalue weighted by molar-refractivity contribution is 5.85. The molecule has 0 radical (unpaired) electrons. The van der Waals surface area contributed by atoms with E-state index in [1.807, 2.05) is 0 Å². The molecule has 0 spiro atoms. The third-order valence-electron chi connectivity index (χ3n) is 5.00. The molecule has 1 saturated heterocycles. The third kappa shape index (κ3) is 7.67. The Morgan fingerprint density at radius 2 is 1.71 bits per heavy atom. The largest absolute Gasteiger partial charge is 0.343 e. The van der Waals surface area contributed by atoms with Crippen LogP contribution in [0.4, 0.5) is 0 Å². The van der Waals surface area contributed by atoms with E-state index in [9.17, 15) is 4.79 Å². The van der Waals surface area contributed by atoms with E-state index >= 15 is 0 Å². The van der Waals surface area contributed by atoms with Crippen LogP contribution in [0.2, 0.25) is 0 Å². The minimum Gasteiger partial charge on any atom is -0.343 e. The summed E-state index contributed by atoms with van der Waals surface area (Å²) in [4.78, 5) is 14.3. The first-order valence-corrected chi connectivity index (χ1v) is 9.31. The van der Waals surface area contributed by atoms with Crippen molar-refractivity contribution in [2.24, 2.45) is 11.7 Å². The van der Waals surface area contributed by atoms with Crippen molar-refractivity contribution in [1.82, 2.24) is 4.90 Å². The highest BCUT2D eigenvalue weighted by atomic mass is 35.5. The molecule has 0 bridgehead atoms. The van der Waals surface area contributed by atoms with E-state index in [-0.39, 0.29) is 12.4 Å². The van der Waals surface area contributed by atoms with Crippen LogP contribution in [0, 0.1) is 5.92 Å². The van der Waals surface area contributed by atoms with Gasteiger partial charge in [-0.15, -0.1) is 12.4 Å². The van der Waals surface area contributed by atoms with Gasteiger partial charge in [0.2, 0.25) is 5.91 Å². The molecular formula is C20H33ClN2O. The zero-order valence-electron chi connectivity index (χ0n) is 14.8. The lowest BCUT2D eigenvalue weighted by Crippen LogP contribution is -2.38. The zero-order valence-corrected chi connectivity index (χ0v) is 15.6. The summed E-state index contributed by atoms with van der Waals surface area (Å²) in [6.07, 6.45) is 9.89. The first-order chi connectivity index (χ1) is 11.3. The zero-order chi connectivity index (χ0) is 16.3. The van der Waals surface area contributed by atoms with Crippen molar-refractivity contribution in [3.63, 3.8) is 0 Å². The van der Waals surface area contributed by atoms with Crippen molar-refractivity contribution in [2.45, 2.75) is 57.8 Å². The fraction of sp³-hybridized carbons (Fsp3) is 0.650. The first kappa shape index (κ1) is 21.0. The number of benzene rings is 1. The summed E-state index contributed by atoms with van der Waals surface area (Å²) in [6, 6.07) is 10.7. The van der Waals surface area contributed by atoms with Gasteiger partial charge in [-0.25, -0.2) is 0 Å².